The number of benzene rings is 6. The van der Waals surface area contributed by atoms with E-state index in [2.05, 4.69) is 97.1 Å². The third-order valence-corrected chi connectivity index (χ3v) is 7.10. The second-order valence-corrected chi connectivity index (χ2v) is 9.23. The minimum atomic E-state index is -0.401. The number of carbonyl (C=O) groups is 1. The van der Waals surface area contributed by atoms with Crippen LogP contribution in [0.3, 0.4) is 0 Å². The number of Topliss-reactive ketones (excluding diaryl/α,β-unsaturated/α-hetero) is 1. The maximum Gasteiger partial charge on any atom is 0.156 e. The van der Waals surface area contributed by atoms with Gasteiger partial charge in [0.05, 0.1) is 11.8 Å². The molecule has 2 atom stereocenters. The SMILES string of the molecule is O=C(C(c1ccccc1)c1cccc2ccccc12)C(c1ccccc1)c1cccc2ccccc12. The molecule has 6 aromatic carbocycles. The molecule has 0 amide bonds. The molecule has 0 spiro atoms. The Morgan fingerprint density at radius 2 is 0.750 bits per heavy atom. The fourth-order valence-corrected chi connectivity index (χ4v) is 5.46. The van der Waals surface area contributed by atoms with Crippen molar-refractivity contribution in [3.63, 3.8) is 0 Å². The van der Waals surface area contributed by atoms with Gasteiger partial charge in [-0.1, -0.05) is 146 Å². The molecule has 0 saturated carbocycles. The van der Waals surface area contributed by atoms with Gasteiger partial charge in [-0.3, -0.25) is 4.79 Å². The van der Waals surface area contributed by atoms with E-state index in [1.54, 1.807) is 0 Å². The van der Waals surface area contributed by atoms with Gasteiger partial charge in [0.1, 0.15) is 0 Å². The quantitative estimate of drug-likeness (QED) is 0.242. The predicted octanol–water partition coefficient (Wildman–Crippen LogP) is 8.53. The van der Waals surface area contributed by atoms with Gasteiger partial charge in [-0.15, -0.1) is 0 Å². The molecule has 6 aromatic rings. The molecule has 36 heavy (non-hydrogen) atoms. The average Bonchev–Trinajstić information content (AvgIpc) is 2.95. The van der Waals surface area contributed by atoms with E-state index >= 15 is 0 Å². The maximum atomic E-state index is 14.9. The van der Waals surface area contributed by atoms with Crippen LogP contribution in [0.25, 0.3) is 21.5 Å². The van der Waals surface area contributed by atoms with Crippen molar-refractivity contribution in [2.45, 2.75) is 11.8 Å². The largest absolute Gasteiger partial charge is 0.298 e. The van der Waals surface area contributed by atoms with Crippen molar-refractivity contribution < 1.29 is 4.79 Å². The minimum Gasteiger partial charge on any atom is -0.298 e. The number of ketones is 1. The highest BCUT2D eigenvalue weighted by Crippen LogP contribution is 2.40. The van der Waals surface area contributed by atoms with Crippen molar-refractivity contribution in [3.8, 4) is 0 Å². The van der Waals surface area contributed by atoms with Crippen LogP contribution in [0.1, 0.15) is 34.1 Å². The number of fused-ring (bicyclic) bond motifs is 2. The Kier molecular flexibility index (Phi) is 5.89. The molecule has 1 nitrogen and oxygen atoms in total. The van der Waals surface area contributed by atoms with Crippen LogP contribution in [-0.2, 0) is 4.79 Å². The highest BCUT2D eigenvalue weighted by molar-refractivity contribution is 6.03. The van der Waals surface area contributed by atoms with Crippen LogP contribution in [0.15, 0.2) is 146 Å². The summed E-state index contributed by atoms with van der Waals surface area (Å²) in [5.41, 5.74) is 4.12. The third kappa shape index (κ3) is 3.99. The Morgan fingerprint density at radius 1 is 0.389 bits per heavy atom. The summed E-state index contributed by atoms with van der Waals surface area (Å²) in [6.07, 6.45) is 0. The molecular formula is C35H26O. The molecule has 0 aliphatic carbocycles. The summed E-state index contributed by atoms with van der Waals surface area (Å²) in [5.74, 6) is -0.622. The van der Waals surface area contributed by atoms with Gasteiger partial charge < -0.3 is 0 Å². The van der Waals surface area contributed by atoms with Gasteiger partial charge in [0.2, 0.25) is 0 Å². The highest BCUT2D eigenvalue weighted by Gasteiger charge is 2.33. The van der Waals surface area contributed by atoms with Crippen LogP contribution >= 0.6 is 0 Å². The van der Waals surface area contributed by atoms with Crippen molar-refractivity contribution in [1.29, 1.82) is 0 Å². The second-order valence-electron chi connectivity index (χ2n) is 9.23. The summed E-state index contributed by atoms with van der Waals surface area (Å²) in [6, 6.07) is 49.7. The summed E-state index contributed by atoms with van der Waals surface area (Å²) >= 11 is 0. The lowest BCUT2D eigenvalue weighted by molar-refractivity contribution is -0.120. The Balaban J connectivity index is 1.61. The van der Waals surface area contributed by atoms with E-state index in [4.69, 9.17) is 0 Å². The van der Waals surface area contributed by atoms with E-state index in [0.717, 1.165) is 43.8 Å². The van der Waals surface area contributed by atoms with Gasteiger partial charge in [0.25, 0.3) is 0 Å². The zero-order valence-electron chi connectivity index (χ0n) is 19.9. The van der Waals surface area contributed by atoms with Crippen LogP contribution in [0.2, 0.25) is 0 Å². The number of hydrogen-bond donors (Lipinski definition) is 0. The molecule has 0 heterocycles. The topological polar surface area (TPSA) is 17.1 Å². The van der Waals surface area contributed by atoms with Gasteiger partial charge in [-0.2, -0.15) is 0 Å². The maximum absolute atomic E-state index is 14.9. The lowest BCUT2D eigenvalue weighted by Gasteiger charge is -2.26. The Morgan fingerprint density at radius 3 is 1.19 bits per heavy atom. The first-order chi connectivity index (χ1) is 17.8. The minimum absolute atomic E-state index is 0.181. The van der Waals surface area contributed by atoms with Crippen LogP contribution in [0.5, 0.6) is 0 Å². The van der Waals surface area contributed by atoms with E-state index in [1.165, 1.54) is 0 Å². The van der Waals surface area contributed by atoms with E-state index in [-0.39, 0.29) is 5.78 Å². The second kappa shape index (κ2) is 9.64. The highest BCUT2D eigenvalue weighted by atomic mass is 16.1. The first-order valence-electron chi connectivity index (χ1n) is 12.4. The molecule has 0 aromatic heterocycles. The molecule has 0 aliphatic heterocycles. The van der Waals surface area contributed by atoms with Gasteiger partial charge >= 0.3 is 0 Å². The first kappa shape index (κ1) is 22.0. The molecule has 0 fully saturated rings. The molecule has 0 N–H and O–H groups in total. The van der Waals surface area contributed by atoms with E-state index in [1.807, 2.05) is 48.5 Å². The van der Waals surface area contributed by atoms with Crippen molar-refractivity contribution >= 4 is 27.3 Å². The normalized spacial score (nSPS) is 12.9. The summed E-state index contributed by atoms with van der Waals surface area (Å²) in [5, 5.41) is 4.52. The third-order valence-electron chi connectivity index (χ3n) is 7.10. The monoisotopic (exact) mass is 462 g/mol. The predicted molar refractivity (Wildman–Crippen MR) is 149 cm³/mol. The number of carbonyl (C=O) groups excluding carboxylic acids is 1. The standard InChI is InChI=1S/C35H26O/c36-35(33(27-15-3-1-4-16-27)31-23-11-19-25-13-7-9-21-29(25)31)34(28-17-5-2-6-18-28)32-24-12-20-26-14-8-10-22-30(26)32/h1-24,33-34H. The van der Waals surface area contributed by atoms with Gasteiger partial charge in [0.15, 0.2) is 5.78 Å². The van der Waals surface area contributed by atoms with E-state index in [9.17, 15) is 4.79 Å². The summed E-state index contributed by atoms with van der Waals surface area (Å²) in [7, 11) is 0. The van der Waals surface area contributed by atoms with Gasteiger partial charge in [-0.25, -0.2) is 0 Å². The van der Waals surface area contributed by atoms with Crippen molar-refractivity contribution in [1.82, 2.24) is 0 Å². The Bertz CT molecular complexity index is 1520. The lowest BCUT2D eigenvalue weighted by atomic mass is 9.75. The molecule has 172 valence electrons. The molecule has 0 radical (unpaired) electrons. The fraction of sp³-hybridized carbons (Fsp3) is 0.0571. The van der Waals surface area contributed by atoms with Crippen LogP contribution in [0, 0.1) is 0 Å². The van der Waals surface area contributed by atoms with Crippen molar-refractivity contribution in [3.05, 3.63) is 168 Å². The van der Waals surface area contributed by atoms with Crippen LogP contribution in [-0.4, -0.2) is 5.78 Å². The molecular weight excluding hydrogens is 436 g/mol. The van der Waals surface area contributed by atoms with E-state index < -0.39 is 11.8 Å². The first-order valence-corrected chi connectivity index (χ1v) is 12.4. The van der Waals surface area contributed by atoms with Crippen LogP contribution < -0.4 is 0 Å². The van der Waals surface area contributed by atoms with E-state index in [0.29, 0.717) is 0 Å². The zero-order chi connectivity index (χ0) is 24.3. The number of hydrogen-bond acceptors (Lipinski definition) is 1. The van der Waals surface area contributed by atoms with Crippen molar-refractivity contribution in [2.24, 2.45) is 0 Å². The molecule has 0 aliphatic rings. The summed E-state index contributed by atoms with van der Waals surface area (Å²) < 4.78 is 0. The molecule has 6 rings (SSSR count). The molecule has 0 saturated heterocycles. The molecule has 1 heteroatoms. The fourth-order valence-electron chi connectivity index (χ4n) is 5.46. The van der Waals surface area contributed by atoms with Crippen molar-refractivity contribution in [2.75, 3.05) is 0 Å². The summed E-state index contributed by atoms with van der Waals surface area (Å²) in [6.45, 7) is 0. The number of rotatable bonds is 6. The lowest BCUT2D eigenvalue weighted by Crippen LogP contribution is -2.23. The molecule has 0 bridgehead atoms. The Hall–Kier alpha value is -4.49. The van der Waals surface area contributed by atoms with Crippen LogP contribution in [0.4, 0.5) is 0 Å². The zero-order valence-corrected chi connectivity index (χ0v) is 19.9. The average molecular weight is 463 g/mol. The molecule has 2 unspecified atom stereocenters. The Labute approximate surface area is 211 Å². The smallest absolute Gasteiger partial charge is 0.156 e. The van der Waals surface area contributed by atoms with Gasteiger partial charge in [0, 0.05) is 0 Å². The van der Waals surface area contributed by atoms with Gasteiger partial charge in [-0.05, 0) is 43.8 Å². The summed E-state index contributed by atoms with van der Waals surface area (Å²) in [4.78, 5) is 14.9.